The molecule has 6 rings (SSSR count). The van der Waals surface area contributed by atoms with E-state index in [4.69, 9.17) is 10.5 Å². The fourth-order valence-corrected chi connectivity index (χ4v) is 9.52. The first-order valence-electron chi connectivity index (χ1n) is 21.2. The lowest BCUT2D eigenvalue weighted by molar-refractivity contribution is -0.176. The van der Waals surface area contributed by atoms with Gasteiger partial charge in [0, 0.05) is 15.9 Å². The van der Waals surface area contributed by atoms with E-state index in [1.807, 2.05) is 202 Å². The van der Waals surface area contributed by atoms with Crippen LogP contribution in [0.2, 0.25) is 0 Å². The van der Waals surface area contributed by atoms with Gasteiger partial charge in [0.05, 0.1) is 0 Å². The third kappa shape index (κ3) is 23.7. The fraction of sp³-hybridized carbons (Fsp3) is 0.308. The maximum absolute atomic E-state index is 13.8. The molecule has 0 bridgehead atoms. The third-order valence-corrected chi connectivity index (χ3v) is 11.9. The van der Waals surface area contributed by atoms with E-state index in [0.29, 0.717) is 0 Å². The second-order valence-electron chi connectivity index (χ2n) is 8.96. The predicted molar refractivity (Wildman–Crippen MR) is 267 cm³/mol. The standard InChI is InChI=1S/C18H15OP.C18H15P.8C2H6.H2O2/c19-20(16-10-4-1-5-11-16,17-12-6-2-7-13-17)18-14-8-3-9-15-18;1-4-10-16(11-5-1)19(17-12-6-2-7-13-17)18-14-8-3-9-15-18;9*1-2/h1-15H;1-15H;8*1-2H3;1-2H. The molecular weight excluding hydrogens is 735 g/mol. The molecule has 0 aromatic heterocycles. The van der Waals surface area contributed by atoms with Crippen LogP contribution < -0.4 is 31.8 Å². The third-order valence-electron chi connectivity index (χ3n) is 6.40. The Hall–Kier alpha value is -4.10. The van der Waals surface area contributed by atoms with E-state index < -0.39 is 15.1 Å². The summed E-state index contributed by atoms with van der Waals surface area (Å²) >= 11 is 0. The van der Waals surface area contributed by atoms with Crippen molar-refractivity contribution in [2.75, 3.05) is 0 Å². The minimum absolute atomic E-state index is 0.446. The highest BCUT2D eigenvalue weighted by atomic mass is 31.2. The largest absolute Gasteiger partial charge is 0.309 e. The summed E-state index contributed by atoms with van der Waals surface area (Å²) in [5, 5.41) is 18.8. The highest BCUT2D eigenvalue weighted by Gasteiger charge is 2.28. The Labute approximate surface area is 353 Å². The molecule has 0 saturated heterocycles. The number of hydrogen-bond donors (Lipinski definition) is 2. The van der Waals surface area contributed by atoms with Crippen molar-refractivity contribution in [2.24, 2.45) is 0 Å². The lowest BCUT2D eigenvalue weighted by Gasteiger charge is -2.19. The molecule has 316 valence electrons. The average Bonchev–Trinajstić information content (AvgIpc) is 3.36. The lowest BCUT2D eigenvalue weighted by atomic mass is 10.4. The van der Waals surface area contributed by atoms with Crippen LogP contribution in [-0.2, 0) is 4.57 Å². The van der Waals surface area contributed by atoms with E-state index in [1.165, 1.54) is 15.9 Å². The normalized spacial score (nSPS) is 8.40. The maximum Gasteiger partial charge on any atom is 0.171 e. The molecule has 0 amide bonds. The Kier molecular flexibility index (Phi) is 52.4. The van der Waals surface area contributed by atoms with E-state index in [1.54, 1.807) is 0 Å². The molecule has 0 fully saturated rings. The average molecular weight is 815 g/mol. The lowest BCUT2D eigenvalue weighted by Crippen LogP contribution is -2.24. The molecule has 0 aliphatic carbocycles. The molecule has 0 heterocycles. The van der Waals surface area contributed by atoms with Crippen LogP contribution in [0.3, 0.4) is 0 Å². The highest BCUT2D eigenvalue weighted by molar-refractivity contribution is 7.85. The zero-order chi connectivity index (χ0) is 44.8. The molecule has 0 saturated carbocycles. The maximum atomic E-state index is 13.8. The van der Waals surface area contributed by atoms with Gasteiger partial charge in [0.15, 0.2) is 7.14 Å². The van der Waals surface area contributed by atoms with Gasteiger partial charge < -0.3 is 4.57 Å². The number of rotatable bonds is 6. The van der Waals surface area contributed by atoms with Gasteiger partial charge in [-0.25, -0.2) is 0 Å². The van der Waals surface area contributed by atoms with Crippen LogP contribution >= 0.6 is 15.1 Å². The zero-order valence-electron chi connectivity index (χ0n) is 38.5. The molecule has 0 spiro atoms. The molecule has 6 aromatic rings. The zero-order valence-corrected chi connectivity index (χ0v) is 40.3. The van der Waals surface area contributed by atoms with Crippen molar-refractivity contribution in [2.45, 2.75) is 111 Å². The van der Waals surface area contributed by atoms with E-state index in [-0.39, 0.29) is 0 Å². The van der Waals surface area contributed by atoms with E-state index in [9.17, 15) is 4.57 Å². The van der Waals surface area contributed by atoms with Gasteiger partial charge in [-0.05, 0) is 23.8 Å². The smallest absolute Gasteiger partial charge is 0.171 e. The van der Waals surface area contributed by atoms with Gasteiger partial charge in [0.25, 0.3) is 0 Å². The summed E-state index contributed by atoms with van der Waals surface area (Å²) in [7, 11) is -3.22. The first-order valence-corrected chi connectivity index (χ1v) is 24.2. The fourth-order valence-electron chi connectivity index (χ4n) is 4.54. The molecule has 3 nitrogen and oxygen atoms in total. The van der Waals surface area contributed by atoms with Crippen molar-refractivity contribution in [3.05, 3.63) is 182 Å². The monoisotopic (exact) mass is 815 g/mol. The van der Waals surface area contributed by atoms with Gasteiger partial charge in [-0.3, -0.25) is 10.5 Å². The van der Waals surface area contributed by atoms with E-state index >= 15 is 0 Å². The summed E-state index contributed by atoms with van der Waals surface area (Å²) < 4.78 is 13.8. The van der Waals surface area contributed by atoms with Gasteiger partial charge in [-0.2, -0.15) is 0 Å². The van der Waals surface area contributed by atoms with Crippen molar-refractivity contribution >= 4 is 46.9 Å². The van der Waals surface area contributed by atoms with Gasteiger partial charge in [-0.15, -0.1) is 0 Å². The summed E-state index contributed by atoms with van der Waals surface area (Å²) in [5.74, 6) is 0. The summed E-state index contributed by atoms with van der Waals surface area (Å²) in [6.45, 7) is 32.0. The Bertz CT molecular complexity index is 1400. The van der Waals surface area contributed by atoms with Crippen molar-refractivity contribution < 1.29 is 15.1 Å². The molecule has 0 atom stereocenters. The molecule has 2 N–H and O–H groups in total. The quantitative estimate of drug-likeness (QED) is 0.100. The van der Waals surface area contributed by atoms with Crippen LogP contribution in [-0.4, -0.2) is 10.5 Å². The minimum atomic E-state index is -2.78. The van der Waals surface area contributed by atoms with Crippen LogP contribution in [0.4, 0.5) is 0 Å². The molecular formula is C52H80O3P2. The van der Waals surface area contributed by atoms with E-state index in [2.05, 4.69) is 91.0 Å². The van der Waals surface area contributed by atoms with Crippen LogP contribution in [0.1, 0.15) is 111 Å². The Morgan fingerprint density at radius 1 is 0.281 bits per heavy atom. The first-order chi connectivity index (χ1) is 28.3. The molecule has 6 aromatic carbocycles. The molecule has 5 heteroatoms. The minimum Gasteiger partial charge on any atom is -0.309 e. The summed E-state index contributed by atoms with van der Waals surface area (Å²) in [6.07, 6.45) is 0. The van der Waals surface area contributed by atoms with Gasteiger partial charge in [0.1, 0.15) is 0 Å². The Morgan fingerprint density at radius 3 is 0.579 bits per heavy atom. The summed E-state index contributed by atoms with van der Waals surface area (Å²) in [4.78, 5) is 0. The van der Waals surface area contributed by atoms with Gasteiger partial charge in [-0.1, -0.05) is 293 Å². The van der Waals surface area contributed by atoms with Crippen LogP contribution in [0, 0.1) is 0 Å². The SMILES string of the molecule is CC.CC.CC.CC.CC.CC.CC.CC.O=P(c1ccccc1)(c1ccccc1)c1ccccc1.OO.c1ccc(P(c2ccccc2)c2ccccc2)cc1. The van der Waals surface area contributed by atoms with Crippen molar-refractivity contribution in [3.8, 4) is 0 Å². The van der Waals surface area contributed by atoms with E-state index in [0.717, 1.165) is 15.9 Å². The Balaban J connectivity index is -0.000000227. The first kappa shape index (κ1) is 62.1. The number of hydrogen-bond acceptors (Lipinski definition) is 3. The molecule has 57 heavy (non-hydrogen) atoms. The van der Waals surface area contributed by atoms with Crippen molar-refractivity contribution in [1.82, 2.24) is 0 Å². The molecule has 0 radical (unpaired) electrons. The van der Waals surface area contributed by atoms with Crippen LogP contribution in [0.5, 0.6) is 0 Å². The second-order valence-corrected chi connectivity index (χ2v) is 13.9. The number of benzene rings is 6. The Morgan fingerprint density at radius 2 is 0.421 bits per heavy atom. The molecule has 0 aliphatic rings. The second kappa shape index (κ2) is 48.0. The van der Waals surface area contributed by atoms with Crippen LogP contribution in [0.25, 0.3) is 0 Å². The molecule has 0 aliphatic heterocycles. The predicted octanol–water partition coefficient (Wildman–Crippen LogP) is 15.0. The van der Waals surface area contributed by atoms with Crippen molar-refractivity contribution in [3.63, 3.8) is 0 Å². The van der Waals surface area contributed by atoms with Gasteiger partial charge in [0.2, 0.25) is 0 Å². The van der Waals surface area contributed by atoms with Crippen molar-refractivity contribution in [1.29, 1.82) is 0 Å². The highest BCUT2D eigenvalue weighted by Crippen LogP contribution is 2.41. The summed E-state index contributed by atoms with van der Waals surface area (Å²) in [6, 6.07) is 61.5. The topological polar surface area (TPSA) is 57.5 Å². The summed E-state index contributed by atoms with van der Waals surface area (Å²) in [5.41, 5.74) is 0. The van der Waals surface area contributed by atoms with Crippen LogP contribution in [0.15, 0.2) is 182 Å². The van der Waals surface area contributed by atoms with Gasteiger partial charge >= 0.3 is 0 Å². The molecule has 0 unspecified atom stereocenters.